The van der Waals surface area contributed by atoms with Crippen molar-refractivity contribution in [3.05, 3.63) is 46.5 Å². The van der Waals surface area contributed by atoms with Gasteiger partial charge in [0.15, 0.2) is 0 Å². The van der Waals surface area contributed by atoms with Gasteiger partial charge in [-0.1, -0.05) is 23.9 Å². The molecular formula is C20H25N3O2S3. The number of nitrogens with zero attached hydrogens (tertiary/aromatic N) is 2. The van der Waals surface area contributed by atoms with Crippen LogP contribution in [0.2, 0.25) is 0 Å². The molecule has 1 aromatic heterocycles. The Morgan fingerprint density at radius 1 is 1.29 bits per heavy atom. The lowest BCUT2D eigenvalue weighted by Gasteiger charge is -2.27. The molecule has 0 saturated carbocycles. The number of nitrogens with one attached hydrogen (secondary N) is 1. The average molecular weight is 436 g/mol. The number of rotatable bonds is 5. The van der Waals surface area contributed by atoms with Crippen molar-refractivity contribution >= 4 is 46.7 Å². The number of aromatic nitrogens is 1. The van der Waals surface area contributed by atoms with Crippen molar-refractivity contribution in [2.75, 3.05) is 11.6 Å². The molecule has 1 atom stereocenters. The highest BCUT2D eigenvalue weighted by Gasteiger charge is 2.36. The first-order chi connectivity index (χ1) is 13.2. The van der Waals surface area contributed by atoms with Crippen LogP contribution in [0, 0.1) is 6.92 Å². The highest BCUT2D eigenvalue weighted by Crippen LogP contribution is 2.27. The SMILES string of the molecule is Cc1csc(SCc2ccc(C(=O)N3CSCC3C(=O)NC(C)(C)C)cc2)n1. The van der Waals surface area contributed by atoms with Gasteiger partial charge >= 0.3 is 0 Å². The molecule has 3 rings (SSSR count). The van der Waals surface area contributed by atoms with Crippen LogP contribution < -0.4 is 5.32 Å². The Morgan fingerprint density at radius 2 is 2.00 bits per heavy atom. The molecule has 5 nitrogen and oxygen atoms in total. The lowest BCUT2D eigenvalue weighted by atomic mass is 10.1. The zero-order valence-electron chi connectivity index (χ0n) is 16.5. The fraction of sp³-hybridized carbons (Fsp3) is 0.450. The lowest BCUT2D eigenvalue weighted by Crippen LogP contribution is -2.52. The van der Waals surface area contributed by atoms with Gasteiger partial charge in [-0.25, -0.2) is 4.98 Å². The number of carbonyl (C=O) groups is 2. The Kier molecular flexibility index (Phi) is 6.73. The summed E-state index contributed by atoms with van der Waals surface area (Å²) in [5.74, 6) is 1.82. The van der Waals surface area contributed by atoms with Crippen molar-refractivity contribution in [2.24, 2.45) is 0 Å². The summed E-state index contributed by atoms with van der Waals surface area (Å²) in [4.78, 5) is 31.6. The van der Waals surface area contributed by atoms with E-state index in [0.717, 1.165) is 21.3 Å². The van der Waals surface area contributed by atoms with Crippen LogP contribution in [0.3, 0.4) is 0 Å². The largest absolute Gasteiger partial charge is 0.350 e. The first-order valence-electron chi connectivity index (χ1n) is 9.07. The summed E-state index contributed by atoms with van der Waals surface area (Å²) in [5.41, 5.74) is 2.50. The van der Waals surface area contributed by atoms with Crippen LogP contribution >= 0.6 is 34.9 Å². The zero-order valence-corrected chi connectivity index (χ0v) is 19.0. The normalized spacial score (nSPS) is 17.0. The molecule has 2 amide bonds. The van der Waals surface area contributed by atoms with Crippen LogP contribution in [0.25, 0.3) is 0 Å². The quantitative estimate of drug-likeness (QED) is 0.714. The maximum atomic E-state index is 12.9. The fourth-order valence-electron chi connectivity index (χ4n) is 2.77. The maximum Gasteiger partial charge on any atom is 0.255 e. The third-order valence-corrected chi connectivity index (χ3v) is 7.33. The van der Waals surface area contributed by atoms with E-state index in [2.05, 4.69) is 10.3 Å². The molecule has 0 bridgehead atoms. The van der Waals surface area contributed by atoms with Crippen molar-refractivity contribution < 1.29 is 9.59 Å². The van der Waals surface area contributed by atoms with Crippen LogP contribution in [0.15, 0.2) is 34.0 Å². The highest BCUT2D eigenvalue weighted by molar-refractivity contribution is 8.00. The summed E-state index contributed by atoms with van der Waals surface area (Å²) < 4.78 is 1.06. The minimum absolute atomic E-state index is 0.0855. The first-order valence-corrected chi connectivity index (χ1v) is 12.1. The number of benzene rings is 1. The lowest BCUT2D eigenvalue weighted by molar-refractivity contribution is -0.125. The smallest absolute Gasteiger partial charge is 0.255 e. The number of amides is 2. The van der Waals surface area contributed by atoms with E-state index in [1.54, 1.807) is 39.8 Å². The molecule has 1 N–H and O–H groups in total. The molecule has 1 aliphatic rings. The van der Waals surface area contributed by atoms with Gasteiger partial charge < -0.3 is 10.2 Å². The first kappa shape index (κ1) is 21.2. The number of thiazole rings is 1. The summed E-state index contributed by atoms with van der Waals surface area (Å²) in [7, 11) is 0. The predicted octanol–water partition coefficient (Wildman–Crippen LogP) is 4.17. The molecular weight excluding hydrogens is 410 g/mol. The van der Waals surface area contributed by atoms with Gasteiger partial charge in [-0.05, 0) is 45.4 Å². The molecule has 2 heterocycles. The van der Waals surface area contributed by atoms with Crippen molar-refractivity contribution in [3.63, 3.8) is 0 Å². The Hall–Kier alpha value is -1.51. The fourth-order valence-corrected chi connectivity index (χ4v) is 5.73. The second kappa shape index (κ2) is 8.88. The van der Waals surface area contributed by atoms with E-state index in [9.17, 15) is 9.59 Å². The molecule has 0 radical (unpaired) electrons. The van der Waals surface area contributed by atoms with Crippen LogP contribution in [-0.4, -0.2) is 44.9 Å². The van der Waals surface area contributed by atoms with Crippen molar-refractivity contribution in [2.45, 2.75) is 49.4 Å². The zero-order chi connectivity index (χ0) is 20.3. The molecule has 1 unspecified atom stereocenters. The minimum atomic E-state index is -0.417. The van der Waals surface area contributed by atoms with E-state index in [1.165, 1.54) is 0 Å². The van der Waals surface area contributed by atoms with Crippen LogP contribution in [0.5, 0.6) is 0 Å². The second-order valence-electron chi connectivity index (χ2n) is 7.77. The second-order valence-corrected chi connectivity index (χ2v) is 10.9. The predicted molar refractivity (Wildman–Crippen MR) is 118 cm³/mol. The average Bonchev–Trinajstić information content (AvgIpc) is 3.27. The molecule has 8 heteroatoms. The van der Waals surface area contributed by atoms with Gasteiger partial charge in [-0.2, -0.15) is 0 Å². The summed E-state index contributed by atoms with van der Waals surface area (Å²) in [6.07, 6.45) is 0. The summed E-state index contributed by atoms with van der Waals surface area (Å²) in [5, 5.41) is 5.03. The molecule has 28 heavy (non-hydrogen) atoms. The van der Waals surface area contributed by atoms with E-state index >= 15 is 0 Å². The third kappa shape index (κ3) is 5.52. The van der Waals surface area contributed by atoms with Crippen molar-refractivity contribution in [1.82, 2.24) is 15.2 Å². The Balaban J connectivity index is 1.62. The van der Waals surface area contributed by atoms with E-state index in [0.29, 0.717) is 17.2 Å². The number of aryl methyl sites for hydroxylation is 1. The Morgan fingerprint density at radius 3 is 2.61 bits per heavy atom. The van der Waals surface area contributed by atoms with Crippen molar-refractivity contribution in [1.29, 1.82) is 0 Å². The summed E-state index contributed by atoms with van der Waals surface area (Å²) in [6.45, 7) is 7.83. The van der Waals surface area contributed by atoms with Crippen molar-refractivity contribution in [3.8, 4) is 0 Å². The molecule has 150 valence electrons. The Bertz CT molecular complexity index is 843. The maximum absolute atomic E-state index is 12.9. The third-order valence-electron chi connectivity index (χ3n) is 4.11. The minimum Gasteiger partial charge on any atom is -0.350 e. The molecule has 1 saturated heterocycles. The molecule has 1 fully saturated rings. The van der Waals surface area contributed by atoms with Gasteiger partial charge in [-0.15, -0.1) is 23.1 Å². The molecule has 1 aliphatic heterocycles. The van der Waals surface area contributed by atoms with E-state index < -0.39 is 6.04 Å². The van der Waals surface area contributed by atoms with Crippen LogP contribution in [0.1, 0.15) is 42.4 Å². The van der Waals surface area contributed by atoms with Gasteiger partial charge in [-0.3, -0.25) is 9.59 Å². The number of hydrogen-bond acceptors (Lipinski definition) is 6. The van der Waals surface area contributed by atoms with Gasteiger partial charge in [0.05, 0.1) is 5.88 Å². The molecule has 0 spiro atoms. The van der Waals surface area contributed by atoms with Crippen LogP contribution in [0.4, 0.5) is 0 Å². The van der Waals surface area contributed by atoms with Gasteiger partial charge in [0.25, 0.3) is 5.91 Å². The molecule has 0 aliphatic carbocycles. The summed E-state index contributed by atoms with van der Waals surface area (Å²) >= 11 is 4.96. The molecule has 2 aromatic rings. The number of hydrogen-bond donors (Lipinski definition) is 1. The van der Waals surface area contributed by atoms with E-state index in [-0.39, 0.29) is 17.4 Å². The standard InChI is InChI=1S/C20H25N3O2S3/c1-13-9-27-19(21-13)28-10-14-5-7-15(8-6-14)18(25)23-12-26-11-16(23)17(24)22-20(2,3)4/h5-9,16H,10-12H2,1-4H3,(H,22,24). The topological polar surface area (TPSA) is 62.3 Å². The van der Waals surface area contributed by atoms with E-state index in [4.69, 9.17) is 0 Å². The monoisotopic (exact) mass is 435 g/mol. The van der Waals surface area contributed by atoms with Crippen LogP contribution in [-0.2, 0) is 10.5 Å². The number of thioether (sulfide) groups is 2. The Labute approximate surface area is 178 Å². The van der Waals surface area contributed by atoms with Gasteiger partial charge in [0, 0.05) is 33.7 Å². The molecule has 1 aromatic carbocycles. The summed E-state index contributed by atoms with van der Waals surface area (Å²) in [6, 6.07) is 7.25. The highest BCUT2D eigenvalue weighted by atomic mass is 32.2. The number of carbonyl (C=O) groups excluding carboxylic acids is 2. The van der Waals surface area contributed by atoms with E-state index in [1.807, 2.05) is 57.3 Å². The van der Waals surface area contributed by atoms with Gasteiger partial charge in [0.1, 0.15) is 10.4 Å². The van der Waals surface area contributed by atoms with Gasteiger partial charge in [0.2, 0.25) is 5.91 Å².